The van der Waals surface area contributed by atoms with Crippen molar-refractivity contribution in [2.75, 3.05) is 6.61 Å². The fraction of sp³-hybridized carbons (Fsp3) is 0.939. The van der Waals surface area contributed by atoms with E-state index in [-0.39, 0.29) is 0 Å². The lowest BCUT2D eigenvalue weighted by Gasteiger charge is -2.39. The fourth-order valence-electron chi connectivity index (χ4n) is 8.57. The summed E-state index contributed by atoms with van der Waals surface area (Å²) in [4.78, 5) is 0. The molecule has 0 atom stereocenters. The first kappa shape index (κ1) is 26.8. The second-order valence-corrected chi connectivity index (χ2v) is 13.2. The summed E-state index contributed by atoms with van der Waals surface area (Å²) >= 11 is 0. The summed E-state index contributed by atoms with van der Waals surface area (Å²) in [5.74, 6) is 7.05. The van der Waals surface area contributed by atoms with E-state index in [1.165, 1.54) is 135 Å². The molecule has 0 radical (unpaired) electrons. The highest BCUT2D eigenvalue weighted by molar-refractivity contribution is 4.85. The topological polar surface area (TPSA) is 9.23 Å². The summed E-state index contributed by atoms with van der Waals surface area (Å²) in [7, 11) is 0. The van der Waals surface area contributed by atoms with Gasteiger partial charge in [0, 0.05) is 6.61 Å². The van der Waals surface area contributed by atoms with Crippen LogP contribution >= 0.6 is 0 Å². The van der Waals surface area contributed by atoms with Crippen LogP contribution in [0, 0.1) is 41.4 Å². The summed E-state index contributed by atoms with van der Waals surface area (Å²) in [5, 5.41) is 0. The molecule has 0 spiro atoms. The Balaban J connectivity index is 1.05. The fourth-order valence-corrected chi connectivity index (χ4v) is 8.57. The zero-order valence-corrected chi connectivity index (χ0v) is 22.9. The molecule has 4 aliphatic carbocycles. The third-order valence-electron chi connectivity index (χ3n) is 11.0. The molecule has 0 saturated heterocycles. The van der Waals surface area contributed by atoms with Gasteiger partial charge in [0.05, 0.1) is 6.10 Å². The average molecular weight is 471 g/mol. The number of rotatable bonds is 11. The van der Waals surface area contributed by atoms with Crippen molar-refractivity contribution in [2.24, 2.45) is 41.4 Å². The summed E-state index contributed by atoms with van der Waals surface area (Å²) in [6.07, 6.45) is 33.3. The lowest BCUT2D eigenvalue weighted by atomic mass is 9.69. The van der Waals surface area contributed by atoms with Gasteiger partial charge in [-0.05, 0) is 131 Å². The van der Waals surface area contributed by atoms with Crippen LogP contribution in [0.3, 0.4) is 0 Å². The Hall–Kier alpha value is -0.300. The van der Waals surface area contributed by atoms with E-state index >= 15 is 0 Å². The van der Waals surface area contributed by atoms with E-state index < -0.39 is 0 Å². The van der Waals surface area contributed by atoms with Crippen LogP contribution in [0.15, 0.2) is 12.7 Å². The molecule has 0 N–H and O–H groups in total. The lowest BCUT2D eigenvalue weighted by molar-refractivity contribution is -0.0193. The molecule has 1 nitrogen and oxygen atoms in total. The largest absolute Gasteiger partial charge is 0.378 e. The Labute approximate surface area is 213 Å². The normalized spacial score (nSPS) is 39.6. The summed E-state index contributed by atoms with van der Waals surface area (Å²) in [6, 6.07) is 0. The molecule has 34 heavy (non-hydrogen) atoms. The van der Waals surface area contributed by atoms with E-state index in [0.29, 0.717) is 6.10 Å². The number of unbranched alkanes of at least 4 members (excludes halogenated alkanes) is 1. The molecule has 0 aromatic heterocycles. The first-order valence-electron chi connectivity index (χ1n) is 16.0. The molecule has 0 unspecified atom stereocenters. The predicted octanol–water partition coefficient (Wildman–Crippen LogP) is 10.1. The summed E-state index contributed by atoms with van der Waals surface area (Å²) in [5.41, 5.74) is 0. The van der Waals surface area contributed by atoms with Crippen LogP contribution in [0.25, 0.3) is 0 Å². The average Bonchev–Trinajstić information content (AvgIpc) is 2.91. The zero-order chi connectivity index (χ0) is 23.6. The highest BCUT2D eigenvalue weighted by Gasteiger charge is 2.33. The zero-order valence-electron chi connectivity index (χ0n) is 22.9. The third-order valence-corrected chi connectivity index (χ3v) is 11.0. The minimum atomic E-state index is 0.584. The molecule has 196 valence electrons. The smallest absolute Gasteiger partial charge is 0.0575 e. The Morgan fingerprint density at radius 3 is 1.50 bits per heavy atom. The maximum absolute atomic E-state index is 6.54. The highest BCUT2D eigenvalue weighted by Crippen LogP contribution is 2.44. The van der Waals surface area contributed by atoms with E-state index in [4.69, 9.17) is 4.74 Å². The SMILES string of the molecule is C=CCCC1CCC(C2CCC(COC3CCC(C4CCC(CCCC)CC4)CC3)CC2)CC1. The molecule has 4 saturated carbocycles. The molecule has 0 aromatic carbocycles. The van der Waals surface area contributed by atoms with Gasteiger partial charge in [-0.15, -0.1) is 6.58 Å². The standard InChI is InChI=1S/C33H58O/c1-3-5-7-26-9-15-29(16-10-26)31-19-13-28(14-20-31)25-34-33-23-21-32(22-24-33)30-17-11-27(12-18-30)8-6-4-2/h3,26-33H,1,4-25H2,2H3. The molecular weight excluding hydrogens is 412 g/mol. The maximum Gasteiger partial charge on any atom is 0.0575 e. The molecule has 4 rings (SSSR count). The van der Waals surface area contributed by atoms with Crippen molar-refractivity contribution in [3.8, 4) is 0 Å². The van der Waals surface area contributed by atoms with Crippen LogP contribution in [-0.4, -0.2) is 12.7 Å². The van der Waals surface area contributed by atoms with Crippen molar-refractivity contribution in [1.29, 1.82) is 0 Å². The minimum Gasteiger partial charge on any atom is -0.378 e. The van der Waals surface area contributed by atoms with Gasteiger partial charge in [0.15, 0.2) is 0 Å². The van der Waals surface area contributed by atoms with Gasteiger partial charge >= 0.3 is 0 Å². The first-order chi connectivity index (χ1) is 16.7. The second kappa shape index (κ2) is 14.4. The van der Waals surface area contributed by atoms with E-state index in [1.807, 2.05) is 0 Å². The molecule has 0 heterocycles. The second-order valence-electron chi connectivity index (χ2n) is 13.2. The molecule has 0 aromatic rings. The Morgan fingerprint density at radius 1 is 0.588 bits per heavy atom. The van der Waals surface area contributed by atoms with E-state index in [9.17, 15) is 0 Å². The van der Waals surface area contributed by atoms with Crippen molar-refractivity contribution < 1.29 is 4.74 Å². The number of allylic oxidation sites excluding steroid dienone is 1. The van der Waals surface area contributed by atoms with Gasteiger partial charge in [-0.2, -0.15) is 0 Å². The van der Waals surface area contributed by atoms with Crippen LogP contribution in [-0.2, 0) is 4.74 Å². The quantitative estimate of drug-likeness (QED) is 0.273. The maximum atomic E-state index is 6.54. The summed E-state index contributed by atoms with van der Waals surface area (Å²) in [6.45, 7) is 7.32. The molecule has 0 aliphatic heterocycles. The van der Waals surface area contributed by atoms with Crippen molar-refractivity contribution in [1.82, 2.24) is 0 Å². The van der Waals surface area contributed by atoms with Gasteiger partial charge in [-0.3, -0.25) is 0 Å². The number of ether oxygens (including phenoxy) is 1. The number of hydrogen-bond donors (Lipinski definition) is 0. The first-order valence-corrected chi connectivity index (χ1v) is 16.0. The van der Waals surface area contributed by atoms with Gasteiger partial charge in [0.2, 0.25) is 0 Å². The van der Waals surface area contributed by atoms with Gasteiger partial charge in [-0.1, -0.05) is 57.9 Å². The molecule has 4 fully saturated rings. The molecule has 0 bridgehead atoms. The lowest BCUT2D eigenvalue weighted by Crippen LogP contribution is -2.31. The van der Waals surface area contributed by atoms with Crippen LogP contribution in [0.2, 0.25) is 0 Å². The molecule has 1 heteroatoms. The van der Waals surface area contributed by atoms with Gasteiger partial charge in [-0.25, -0.2) is 0 Å². The summed E-state index contributed by atoms with van der Waals surface area (Å²) < 4.78 is 6.54. The van der Waals surface area contributed by atoms with E-state index in [0.717, 1.165) is 48.0 Å². The van der Waals surface area contributed by atoms with Crippen LogP contribution in [0.5, 0.6) is 0 Å². The minimum absolute atomic E-state index is 0.584. The van der Waals surface area contributed by atoms with Crippen LogP contribution in [0.4, 0.5) is 0 Å². The van der Waals surface area contributed by atoms with Gasteiger partial charge in [0.25, 0.3) is 0 Å². The Kier molecular flexibility index (Phi) is 11.4. The van der Waals surface area contributed by atoms with Gasteiger partial charge in [0.1, 0.15) is 0 Å². The van der Waals surface area contributed by atoms with Crippen LogP contribution in [0.1, 0.15) is 142 Å². The van der Waals surface area contributed by atoms with E-state index in [1.54, 1.807) is 0 Å². The Morgan fingerprint density at radius 2 is 1.03 bits per heavy atom. The van der Waals surface area contributed by atoms with Gasteiger partial charge < -0.3 is 4.74 Å². The number of hydrogen-bond acceptors (Lipinski definition) is 1. The highest BCUT2D eigenvalue weighted by atomic mass is 16.5. The van der Waals surface area contributed by atoms with Crippen molar-refractivity contribution in [3.63, 3.8) is 0 Å². The molecule has 0 amide bonds. The van der Waals surface area contributed by atoms with Crippen molar-refractivity contribution >= 4 is 0 Å². The van der Waals surface area contributed by atoms with Crippen molar-refractivity contribution in [3.05, 3.63) is 12.7 Å². The van der Waals surface area contributed by atoms with E-state index in [2.05, 4.69) is 19.6 Å². The molecular formula is C33H58O. The van der Waals surface area contributed by atoms with Crippen molar-refractivity contribution in [2.45, 2.75) is 148 Å². The molecule has 4 aliphatic rings. The van der Waals surface area contributed by atoms with Crippen LogP contribution < -0.4 is 0 Å². The predicted molar refractivity (Wildman–Crippen MR) is 147 cm³/mol. The third kappa shape index (κ3) is 8.11. The monoisotopic (exact) mass is 470 g/mol. The Bertz CT molecular complexity index is 537.